The molecular weight excluding hydrogens is 278 g/mol. The third-order valence-corrected chi connectivity index (χ3v) is 3.21. The number of nitrogens with zero attached hydrogens (tertiary/aromatic N) is 1. The van der Waals surface area contributed by atoms with Crippen LogP contribution >= 0.6 is 0 Å². The third-order valence-electron chi connectivity index (χ3n) is 3.21. The molecule has 1 nitrogen and oxygen atoms in total. The largest absolute Gasteiger partial charge is 0.281 e. The molecule has 0 saturated heterocycles. The lowest BCUT2D eigenvalue weighted by molar-refractivity contribution is 0.919. The Morgan fingerprint density at radius 2 is 1.48 bits per heavy atom. The summed E-state index contributed by atoms with van der Waals surface area (Å²) in [6.07, 6.45) is 15.6. The van der Waals surface area contributed by atoms with Gasteiger partial charge in [0.1, 0.15) is 0 Å². The van der Waals surface area contributed by atoms with Crippen LogP contribution in [0, 0.1) is 0 Å². The van der Waals surface area contributed by atoms with E-state index in [4.69, 9.17) is 0 Å². The molecule has 0 N–H and O–H groups in total. The average molecular weight is 299 g/mol. The van der Waals surface area contributed by atoms with Crippen LogP contribution in [0.4, 0.5) is 0 Å². The van der Waals surface area contributed by atoms with Crippen LogP contribution in [-0.4, -0.2) is 6.21 Å². The fourth-order valence-corrected chi connectivity index (χ4v) is 2.07. The zero-order valence-electron chi connectivity index (χ0n) is 13.1. The van der Waals surface area contributed by atoms with E-state index in [1.165, 1.54) is 11.1 Å². The summed E-state index contributed by atoms with van der Waals surface area (Å²) in [6, 6.07) is 20.5. The number of benzene rings is 2. The summed E-state index contributed by atoms with van der Waals surface area (Å²) < 4.78 is 0. The summed E-state index contributed by atoms with van der Waals surface area (Å²) in [4.78, 5) is 4.65. The molecule has 0 amide bonds. The maximum atomic E-state index is 4.65. The SMILES string of the molecule is C=C/C=C\C=C\C(N=C/C=C/c1ccccc1)c1ccccc1. The minimum Gasteiger partial charge on any atom is -0.281 e. The average Bonchev–Trinajstić information content (AvgIpc) is 2.62. The molecule has 0 radical (unpaired) electrons. The van der Waals surface area contributed by atoms with Crippen LogP contribution < -0.4 is 0 Å². The highest BCUT2D eigenvalue weighted by Crippen LogP contribution is 2.18. The number of aliphatic imine (C=N–C) groups is 1. The molecule has 1 atom stereocenters. The maximum Gasteiger partial charge on any atom is 0.0933 e. The Balaban J connectivity index is 2.09. The lowest BCUT2D eigenvalue weighted by atomic mass is 10.1. The molecule has 2 rings (SSSR count). The molecule has 0 aliphatic rings. The van der Waals surface area contributed by atoms with E-state index in [2.05, 4.69) is 41.9 Å². The quantitative estimate of drug-likeness (QED) is 0.452. The van der Waals surface area contributed by atoms with Gasteiger partial charge < -0.3 is 0 Å². The van der Waals surface area contributed by atoms with Gasteiger partial charge in [0, 0.05) is 6.21 Å². The van der Waals surface area contributed by atoms with Crippen molar-refractivity contribution in [2.45, 2.75) is 6.04 Å². The van der Waals surface area contributed by atoms with E-state index in [9.17, 15) is 0 Å². The highest BCUT2D eigenvalue weighted by atomic mass is 14.8. The number of hydrogen-bond donors (Lipinski definition) is 0. The van der Waals surface area contributed by atoms with Gasteiger partial charge in [-0.25, -0.2) is 0 Å². The minimum atomic E-state index is 0.00564. The number of hydrogen-bond acceptors (Lipinski definition) is 1. The van der Waals surface area contributed by atoms with Gasteiger partial charge in [-0.1, -0.05) is 104 Å². The van der Waals surface area contributed by atoms with E-state index in [0.717, 1.165) is 0 Å². The van der Waals surface area contributed by atoms with Gasteiger partial charge in [0.05, 0.1) is 6.04 Å². The molecule has 0 fully saturated rings. The molecule has 2 aromatic carbocycles. The van der Waals surface area contributed by atoms with Crippen LogP contribution in [0.25, 0.3) is 6.08 Å². The van der Waals surface area contributed by atoms with Crippen molar-refractivity contribution in [3.05, 3.63) is 115 Å². The van der Waals surface area contributed by atoms with Crippen molar-refractivity contribution in [3.63, 3.8) is 0 Å². The van der Waals surface area contributed by atoms with Crippen LogP contribution in [0.2, 0.25) is 0 Å². The van der Waals surface area contributed by atoms with Crippen LogP contribution in [0.15, 0.2) is 109 Å². The molecule has 0 spiro atoms. The van der Waals surface area contributed by atoms with Crippen molar-refractivity contribution in [1.82, 2.24) is 0 Å². The standard InChI is InChI=1S/C22H21N/c1-2-3-4-11-18-22(21-16-9-6-10-17-21)23-19-12-15-20-13-7-5-8-14-20/h2-19,22H,1H2/b4-3-,15-12+,18-11+,23-19?. The van der Waals surface area contributed by atoms with Gasteiger partial charge >= 0.3 is 0 Å². The third kappa shape index (κ3) is 6.15. The van der Waals surface area contributed by atoms with E-state index in [1.54, 1.807) is 6.08 Å². The summed E-state index contributed by atoms with van der Waals surface area (Å²) in [5.41, 5.74) is 2.33. The zero-order chi connectivity index (χ0) is 16.2. The molecule has 23 heavy (non-hydrogen) atoms. The molecular formula is C22H21N. The van der Waals surface area contributed by atoms with E-state index in [-0.39, 0.29) is 6.04 Å². The molecule has 2 aromatic rings. The number of rotatable bonds is 7. The molecule has 0 aliphatic carbocycles. The highest BCUT2D eigenvalue weighted by Gasteiger charge is 2.02. The van der Waals surface area contributed by atoms with Gasteiger partial charge in [0.15, 0.2) is 0 Å². The topological polar surface area (TPSA) is 12.4 Å². The minimum absolute atomic E-state index is 0.00564. The van der Waals surface area contributed by atoms with Gasteiger partial charge in [-0.05, 0) is 17.2 Å². The van der Waals surface area contributed by atoms with Crippen LogP contribution in [-0.2, 0) is 0 Å². The highest BCUT2D eigenvalue weighted by molar-refractivity contribution is 5.78. The second-order valence-electron chi connectivity index (χ2n) is 4.93. The van der Waals surface area contributed by atoms with Crippen molar-refractivity contribution in [2.75, 3.05) is 0 Å². The van der Waals surface area contributed by atoms with Crippen molar-refractivity contribution in [1.29, 1.82) is 0 Å². The van der Waals surface area contributed by atoms with E-state index in [1.807, 2.05) is 73.0 Å². The molecule has 0 bridgehead atoms. The summed E-state index contributed by atoms with van der Waals surface area (Å²) in [7, 11) is 0. The lowest BCUT2D eigenvalue weighted by Gasteiger charge is -2.06. The molecule has 0 heterocycles. The predicted octanol–water partition coefficient (Wildman–Crippen LogP) is 5.81. The lowest BCUT2D eigenvalue weighted by Crippen LogP contribution is -1.91. The summed E-state index contributed by atoms with van der Waals surface area (Å²) in [6.45, 7) is 3.67. The summed E-state index contributed by atoms with van der Waals surface area (Å²) >= 11 is 0. The second kappa shape index (κ2) is 9.91. The van der Waals surface area contributed by atoms with Gasteiger partial charge in [-0.15, -0.1) is 0 Å². The zero-order valence-corrected chi connectivity index (χ0v) is 13.1. The normalized spacial score (nSPS) is 13.4. The first-order valence-electron chi connectivity index (χ1n) is 7.66. The fourth-order valence-electron chi connectivity index (χ4n) is 2.07. The van der Waals surface area contributed by atoms with E-state index in [0.29, 0.717) is 0 Å². The molecule has 1 heteroatoms. The maximum absolute atomic E-state index is 4.65. The first-order valence-corrected chi connectivity index (χ1v) is 7.66. The fraction of sp³-hybridized carbons (Fsp3) is 0.0455. The van der Waals surface area contributed by atoms with E-state index < -0.39 is 0 Å². The van der Waals surface area contributed by atoms with Crippen LogP contribution in [0.3, 0.4) is 0 Å². The molecule has 0 saturated carbocycles. The Morgan fingerprint density at radius 3 is 2.17 bits per heavy atom. The van der Waals surface area contributed by atoms with Crippen molar-refractivity contribution in [2.24, 2.45) is 4.99 Å². The Morgan fingerprint density at radius 1 is 0.783 bits per heavy atom. The molecule has 0 aromatic heterocycles. The van der Waals surface area contributed by atoms with Gasteiger partial charge in [-0.2, -0.15) is 0 Å². The Kier molecular flexibility index (Phi) is 7.08. The molecule has 1 unspecified atom stereocenters. The molecule has 0 aliphatic heterocycles. The smallest absolute Gasteiger partial charge is 0.0933 e. The van der Waals surface area contributed by atoms with Crippen molar-refractivity contribution >= 4 is 12.3 Å². The summed E-state index contributed by atoms with van der Waals surface area (Å²) in [5, 5.41) is 0. The Labute approximate surface area is 138 Å². The summed E-state index contributed by atoms with van der Waals surface area (Å²) in [5.74, 6) is 0. The van der Waals surface area contributed by atoms with Crippen molar-refractivity contribution < 1.29 is 0 Å². The Bertz CT molecular complexity index is 691. The van der Waals surface area contributed by atoms with E-state index >= 15 is 0 Å². The van der Waals surface area contributed by atoms with Gasteiger partial charge in [0.25, 0.3) is 0 Å². The van der Waals surface area contributed by atoms with Gasteiger partial charge in [-0.3, -0.25) is 4.99 Å². The predicted molar refractivity (Wildman–Crippen MR) is 102 cm³/mol. The van der Waals surface area contributed by atoms with Crippen LogP contribution in [0.1, 0.15) is 17.2 Å². The first kappa shape index (κ1) is 16.4. The van der Waals surface area contributed by atoms with Gasteiger partial charge in [0.2, 0.25) is 0 Å². The molecule has 114 valence electrons. The Hall–Kier alpha value is -2.93. The second-order valence-corrected chi connectivity index (χ2v) is 4.93. The number of allylic oxidation sites excluding steroid dienone is 5. The van der Waals surface area contributed by atoms with Crippen molar-refractivity contribution in [3.8, 4) is 0 Å². The van der Waals surface area contributed by atoms with Crippen LogP contribution in [0.5, 0.6) is 0 Å². The monoisotopic (exact) mass is 299 g/mol. The first-order chi connectivity index (χ1) is 11.4.